The van der Waals surface area contributed by atoms with Gasteiger partial charge in [-0.05, 0) is 55.5 Å². The van der Waals surface area contributed by atoms with Gasteiger partial charge in [0.2, 0.25) is 11.9 Å². The van der Waals surface area contributed by atoms with Gasteiger partial charge in [0.1, 0.15) is 5.75 Å². The number of nitrogens with zero attached hydrogens (tertiary/aromatic N) is 4. The van der Waals surface area contributed by atoms with Crippen LogP contribution in [0.15, 0.2) is 53.7 Å². The summed E-state index contributed by atoms with van der Waals surface area (Å²) in [4.78, 5) is 26.2. The Labute approximate surface area is 189 Å². The van der Waals surface area contributed by atoms with E-state index in [2.05, 4.69) is 20.4 Å². The van der Waals surface area contributed by atoms with Crippen LogP contribution in [0.5, 0.6) is 5.75 Å². The number of carbonyl (C=O) groups excluding carboxylic acids is 2. The molecule has 10 heteroatoms. The maximum Gasteiger partial charge on any atom is 0.338 e. The fourth-order valence-electron chi connectivity index (χ4n) is 3.32. The molecule has 0 unspecified atom stereocenters. The van der Waals surface area contributed by atoms with Crippen LogP contribution in [-0.4, -0.2) is 52.7 Å². The van der Waals surface area contributed by atoms with E-state index in [-0.39, 0.29) is 17.6 Å². The van der Waals surface area contributed by atoms with Crippen molar-refractivity contribution in [3.05, 3.63) is 54.1 Å². The van der Waals surface area contributed by atoms with Crippen LogP contribution in [0.2, 0.25) is 0 Å². The molecule has 1 amide bonds. The quantitative estimate of drug-likeness (QED) is 0.410. The summed E-state index contributed by atoms with van der Waals surface area (Å²) < 4.78 is 12.2. The van der Waals surface area contributed by atoms with E-state index in [0.717, 1.165) is 30.5 Å². The Bertz CT molecular complexity index is 1100. The zero-order valence-electron chi connectivity index (χ0n) is 17.8. The number of fused-ring (bicyclic) bond motifs is 1. The van der Waals surface area contributed by atoms with Crippen molar-refractivity contribution in [2.45, 2.75) is 18.6 Å². The van der Waals surface area contributed by atoms with Gasteiger partial charge in [-0.1, -0.05) is 11.8 Å². The van der Waals surface area contributed by atoms with Gasteiger partial charge >= 0.3 is 5.97 Å². The first-order valence-electron chi connectivity index (χ1n) is 10.1. The van der Waals surface area contributed by atoms with Crippen molar-refractivity contribution < 1.29 is 19.1 Å². The Hall–Kier alpha value is -3.53. The highest BCUT2D eigenvalue weighted by Gasteiger charge is 2.26. The summed E-state index contributed by atoms with van der Waals surface area (Å²) in [5.74, 6) is 1.20. The molecule has 1 N–H and O–H groups in total. The lowest BCUT2D eigenvalue weighted by Gasteiger charge is -2.15. The highest BCUT2D eigenvalue weighted by atomic mass is 32.2. The number of hydrogen-bond acceptors (Lipinski definition) is 8. The second-order valence-corrected chi connectivity index (χ2v) is 7.86. The molecule has 1 aliphatic rings. The number of hydrogen-bond donors (Lipinski definition) is 1. The SMILES string of the molecule is CCOC(=O)c1ccc(NC(=O)CSc2nnc3n2CCN3c2ccc(OC)cc2)cc1. The maximum atomic E-state index is 12.4. The summed E-state index contributed by atoms with van der Waals surface area (Å²) >= 11 is 1.33. The largest absolute Gasteiger partial charge is 0.497 e. The van der Waals surface area contributed by atoms with Gasteiger partial charge in [-0.15, -0.1) is 10.2 Å². The van der Waals surface area contributed by atoms with E-state index in [4.69, 9.17) is 9.47 Å². The highest BCUT2D eigenvalue weighted by Crippen LogP contribution is 2.32. The Morgan fingerprint density at radius 2 is 1.81 bits per heavy atom. The van der Waals surface area contributed by atoms with Gasteiger partial charge < -0.3 is 19.7 Å². The van der Waals surface area contributed by atoms with Crippen LogP contribution in [-0.2, 0) is 16.1 Å². The van der Waals surface area contributed by atoms with Gasteiger partial charge in [0, 0.05) is 24.5 Å². The highest BCUT2D eigenvalue weighted by molar-refractivity contribution is 7.99. The molecule has 0 saturated carbocycles. The van der Waals surface area contributed by atoms with Gasteiger partial charge in [0.05, 0.1) is 25.0 Å². The monoisotopic (exact) mass is 453 g/mol. The molecule has 2 heterocycles. The van der Waals surface area contributed by atoms with Crippen molar-refractivity contribution in [1.82, 2.24) is 14.8 Å². The lowest BCUT2D eigenvalue weighted by molar-refractivity contribution is -0.113. The van der Waals surface area contributed by atoms with Gasteiger partial charge in [-0.3, -0.25) is 9.36 Å². The third-order valence-electron chi connectivity index (χ3n) is 4.88. The number of methoxy groups -OCH3 is 1. The van der Waals surface area contributed by atoms with Crippen molar-refractivity contribution in [3.8, 4) is 5.75 Å². The normalized spacial score (nSPS) is 12.4. The molecule has 0 radical (unpaired) electrons. The number of ether oxygens (including phenoxy) is 2. The number of thioether (sulfide) groups is 1. The first kappa shape index (κ1) is 21.7. The van der Waals surface area contributed by atoms with E-state index in [1.54, 1.807) is 38.3 Å². The van der Waals surface area contributed by atoms with Crippen molar-refractivity contribution >= 4 is 41.0 Å². The Balaban J connectivity index is 1.34. The first-order valence-corrected chi connectivity index (χ1v) is 11.1. The first-order chi connectivity index (χ1) is 15.6. The molecule has 3 aromatic rings. The second-order valence-electron chi connectivity index (χ2n) is 6.92. The molecule has 0 saturated heterocycles. The fraction of sp³-hybridized carbons (Fsp3) is 0.273. The lowest BCUT2D eigenvalue weighted by Crippen LogP contribution is -2.15. The molecular weight excluding hydrogens is 430 g/mol. The minimum atomic E-state index is -0.384. The van der Waals surface area contributed by atoms with E-state index < -0.39 is 0 Å². The van der Waals surface area contributed by atoms with E-state index in [1.165, 1.54) is 11.8 Å². The van der Waals surface area contributed by atoms with Crippen molar-refractivity contribution in [2.24, 2.45) is 0 Å². The third kappa shape index (κ3) is 4.70. The predicted molar refractivity (Wildman–Crippen MR) is 122 cm³/mol. The summed E-state index contributed by atoms with van der Waals surface area (Å²) in [5, 5.41) is 12.1. The minimum absolute atomic E-state index is 0.166. The summed E-state index contributed by atoms with van der Waals surface area (Å²) in [6.07, 6.45) is 0. The van der Waals surface area contributed by atoms with Gasteiger partial charge in [-0.2, -0.15) is 0 Å². The molecule has 1 aliphatic heterocycles. The molecule has 1 aromatic heterocycles. The van der Waals surface area contributed by atoms with E-state index in [0.29, 0.717) is 23.0 Å². The number of carbonyl (C=O) groups is 2. The van der Waals surface area contributed by atoms with Crippen LogP contribution >= 0.6 is 11.8 Å². The predicted octanol–water partition coefficient (Wildman–Crippen LogP) is 3.35. The average Bonchev–Trinajstić information content (AvgIpc) is 3.41. The molecule has 0 fully saturated rings. The topological polar surface area (TPSA) is 98.6 Å². The molecule has 0 bridgehead atoms. The van der Waals surface area contributed by atoms with Crippen LogP contribution in [0.25, 0.3) is 0 Å². The molecule has 32 heavy (non-hydrogen) atoms. The second kappa shape index (κ2) is 9.73. The van der Waals surface area contributed by atoms with Crippen molar-refractivity contribution in [3.63, 3.8) is 0 Å². The summed E-state index contributed by atoms with van der Waals surface area (Å²) in [6, 6.07) is 14.4. The number of aromatic nitrogens is 3. The Morgan fingerprint density at radius 3 is 2.50 bits per heavy atom. The van der Waals surface area contributed by atoms with Crippen LogP contribution in [0, 0.1) is 0 Å². The summed E-state index contributed by atoms with van der Waals surface area (Å²) in [6.45, 7) is 3.60. The Morgan fingerprint density at radius 1 is 1.06 bits per heavy atom. The average molecular weight is 454 g/mol. The fourth-order valence-corrected chi connectivity index (χ4v) is 4.08. The van der Waals surface area contributed by atoms with Crippen LogP contribution in [0.3, 0.4) is 0 Å². The van der Waals surface area contributed by atoms with Crippen molar-refractivity contribution in [1.29, 1.82) is 0 Å². The molecule has 4 rings (SSSR count). The molecule has 0 atom stereocenters. The van der Waals surface area contributed by atoms with E-state index >= 15 is 0 Å². The third-order valence-corrected chi connectivity index (χ3v) is 5.85. The van der Waals surface area contributed by atoms with Crippen molar-refractivity contribution in [2.75, 3.05) is 36.2 Å². The van der Waals surface area contributed by atoms with E-state index in [1.807, 2.05) is 28.8 Å². The number of amides is 1. The van der Waals surface area contributed by atoms with Gasteiger partial charge in [0.15, 0.2) is 5.16 Å². The Kier molecular flexibility index (Phi) is 6.60. The zero-order valence-corrected chi connectivity index (χ0v) is 18.6. The minimum Gasteiger partial charge on any atom is -0.497 e. The van der Waals surface area contributed by atoms with Crippen LogP contribution in [0.1, 0.15) is 17.3 Å². The maximum absolute atomic E-state index is 12.4. The molecule has 0 spiro atoms. The summed E-state index contributed by atoms with van der Waals surface area (Å²) in [5.41, 5.74) is 2.07. The molecule has 9 nitrogen and oxygen atoms in total. The molecule has 0 aliphatic carbocycles. The molecule has 2 aromatic carbocycles. The zero-order chi connectivity index (χ0) is 22.5. The smallest absolute Gasteiger partial charge is 0.338 e. The van der Waals surface area contributed by atoms with Crippen LogP contribution < -0.4 is 15.0 Å². The number of nitrogens with one attached hydrogen (secondary N) is 1. The summed E-state index contributed by atoms with van der Waals surface area (Å²) in [7, 11) is 1.64. The lowest BCUT2D eigenvalue weighted by atomic mass is 10.2. The van der Waals surface area contributed by atoms with E-state index in [9.17, 15) is 9.59 Å². The van der Waals surface area contributed by atoms with Gasteiger partial charge in [-0.25, -0.2) is 4.79 Å². The number of benzene rings is 2. The van der Waals surface area contributed by atoms with Crippen LogP contribution in [0.4, 0.5) is 17.3 Å². The molecule has 166 valence electrons. The molecular formula is C22H23N5O4S. The van der Waals surface area contributed by atoms with Gasteiger partial charge in [0.25, 0.3) is 0 Å². The standard InChI is InChI=1S/C22H23N5O4S/c1-3-31-20(29)15-4-6-16(7-5-15)23-19(28)14-32-22-25-24-21-26(12-13-27(21)22)17-8-10-18(30-2)11-9-17/h4-11H,3,12-14H2,1-2H3,(H,23,28). The number of esters is 1. The number of anilines is 3. The number of rotatable bonds is 8.